The highest BCUT2D eigenvalue weighted by Gasteiger charge is 2.14. The smallest absolute Gasteiger partial charge is 0.133 e. The third-order valence-corrected chi connectivity index (χ3v) is 7.77. The van der Waals surface area contributed by atoms with Crippen molar-refractivity contribution in [3.63, 3.8) is 0 Å². The number of thioether (sulfide) groups is 1. The molecule has 0 unspecified atom stereocenters. The number of benzene rings is 2. The molecule has 0 aliphatic heterocycles. The van der Waals surface area contributed by atoms with Gasteiger partial charge in [-0.3, -0.25) is 5.10 Å². The predicted octanol–water partition coefficient (Wildman–Crippen LogP) is 9.22. The van der Waals surface area contributed by atoms with E-state index in [-0.39, 0.29) is 0 Å². The fourth-order valence-corrected chi connectivity index (χ4v) is 5.35. The van der Waals surface area contributed by atoms with Gasteiger partial charge in [-0.1, -0.05) is 98.8 Å². The van der Waals surface area contributed by atoms with Crippen LogP contribution in [0.25, 0.3) is 11.1 Å². The molecule has 1 aliphatic carbocycles. The van der Waals surface area contributed by atoms with Gasteiger partial charge in [0.1, 0.15) is 11.6 Å². The standard InChI is InChI=1S/C24H33N3S.C10H10N2/c1-3-4-15-24(28-2)27-23-18-20(16-19-11-7-5-8-12-19)17-22(26-23)25-21-13-9-6-10-14-21;1-8-2-4-9(5-3-8)10-6-11-12-7-10/h5,7-8,11-12,15,17-18,21H,3-4,6,9-10,13-14,16H2,1-2H3,(H2,25,26,27);2-7H,1H3,(H,11,12)/b24-15+;. The zero-order chi connectivity index (χ0) is 28.0. The lowest BCUT2D eigenvalue weighted by atomic mass is 9.95. The molecule has 0 atom stereocenters. The molecule has 2 aromatic carbocycles. The average molecular weight is 554 g/mol. The van der Waals surface area contributed by atoms with Crippen molar-refractivity contribution in [3.8, 4) is 11.1 Å². The summed E-state index contributed by atoms with van der Waals surface area (Å²) in [5, 5.41) is 15.1. The molecule has 4 aromatic rings. The Bertz CT molecular complexity index is 1290. The highest BCUT2D eigenvalue weighted by atomic mass is 32.2. The number of hydrogen-bond acceptors (Lipinski definition) is 5. The minimum absolute atomic E-state index is 0.553. The van der Waals surface area contributed by atoms with Crippen LogP contribution in [0.15, 0.2) is 90.2 Å². The maximum atomic E-state index is 4.89. The number of pyridine rings is 1. The number of hydrogen-bond donors (Lipinski definition) is 3. The number of unbranched alkanes of at least 4 members (excludes halogenated alkanes) is 1. The van der Waals surface area contributed by atoms with Crippen LogP contribution in [0.2, 0.25) is 0 Å². The van der Waals surface area contributed by atoms with Crippen molar-refractivity contribution in [2.24, 2.45) is 0 Å². The van der Waals surface area contributed by atoms with Crippen molar-refractivity contribution in [1.82, 2.24) is 15.2 Å². The van der Waals surface area contributed by atoms with Gasteiger partial charge in [0, 0.05) is 17.8 Å². The van der Waals surface area contributed by atoms with Crippen molar-refractivity contribution in [1.29, 1.82) is 0 Å². The number of nitrogens with one attached hydrogen (secondary N) is 3. The Morgan fingerprint density at radius 2 is 1.70 bits per heavy atom. The summed E-state index contributed by atoms with van der Waals surface area (Å²) in [4.78, 5) is 4.89. The summed E-state index contributed by atoms with van der Waals surface area (Å²) in [6.07, 6.45) is 17.8. The van der Waals surface area contributed by atoms with E-state index in [4.69, 9.17) is 4.98 Å². The molecule has 2 aromatic heterocycles. The zero-order valence-electron chi connectivity index (χ0n) is 24.1. The number of rotatable bonds is 10. The van der Waals surface area contributed by atoms with Gasteiger partial charge in [-0.25, -0.2) is 4.98 Å². The summed E-state index contributed by atoms with van der Waals surface area (Å²) in [7, 11) is 0. The number of anilines is 2. The van der Waals surface area contributed by atoms with Gasteiger partial charge in [0.25, 0.3) is 0 Å². The van der Waals surface area contributed by atoms with Gasteiger partial charge in [0.05, 0.1) is 11.2 Å². The SMILES string of the molecule is CCC/C=C(\Nc1cc(Cc2ccccc2)cc(NC2CCCCC2)n1)SC.Cc1ccc(-c2cn[nH]c2)cc1. The second-order valence-electron chi connectivity index (χ2n) is 10.4. The third kappa shape index (κ3) is 9.60. The summed E-state index contributed by atoms with van der Waals surface area (Å²) in [6.45, 7) is 4.29. The second-order valence-corrected chi connectivity index (χ2v) is 11.3. The minimum Gasteiger partial charge on any atom is -0.367 e. The van der Waals surface area contributed by atoms with E-state index in [1.165, 1.54) is 59.4 Å². The first-order chi connectivity index (χ1) is 19.6. The molecule has 5 nitrogen and oxygen atoms in total. The lowest BCUT2D eigenvalue weighted by molar-refractivity contribution is 0.462. The first kappa shape index (κ1) is 29.5. The monoisotopic (exact) mass is 553 g/mol. The first-order valence-electron chi connectivity index (χ1n) is 14.5. The summed E-state index contributed by atoms with van der Waals surface area (Å²) in [5.41, 5.74) is 6.24. The Morgan fingerprint density at radius 3 is 2.38 bits per heavy atom. The molecule has 3 N–H and O–H groups in total. The summed E-state index contributed by atoms with van der Waals surface area (Å²) in [6, 6.07) is 24.0. The summed E-state index contributed by atoms with van der Waals surface area (Å²) in [5.74, 6) is 1.93. The van der Waals surface area contributed by atoms with Gasteiger partial charge in [-0.15, -0.1) is 11.8 Å². The summed E-state index contributed by atoms with van der Waals surface area (Å²) >= 11 is 1.75. The van der Waals surface area contributed by atoms with Crippen LogP contribution in [0.5, 0.6) is 0 Å². The fourth-order valence-electron chi connectivity index (χ4n) is 4.86. The van der Waals surface area contributed by atoms with Crippen LogP contribution < -0.4 is 10.6 Å². The Morgan fingerprint density at radius 1 is 0.950 bits per heavy atom. The average Bonchev–Trinajstić information content (AvgIpc) is 3.52. The van der Waals surface area contributed by atoms with Crippen LogP contribution >= 0.6 is 11.8 Å². The number of aromatic nitrogens is 3. The van der Waals surface area contributed by atoms with E-state index in [0.717, 1.165) is 36.5 Å². The largest absolute Gasteiger partial charge is 0.367 e. The lowest BCUT2D eigenvalue weighted by Gasteiger charge is -2.24. The zero-order valence-corrected chi connectivity index (χ0v) is 24.9. The highest BCUT2D eigenvalue weighted by molar-refractivity contribution is 8.02. The Labute approximate surface area is 244 Å². The van der Waals surface area contributed by atoms with Crippen LogP contribution in [-0.4, -0.2) is 27.5 Å². The topological polar surface area (TPSA) is 65.6 Å². The maximum absolute atomic E-state index is 4.89. The molecule has 5 rings (SSSR count). The van der Waals surface area contributed by atoms with E-state index in [1.807, 2.05) is 12.4 Å². The molecule has 1 aliphatic rings. The maximum Gasteiger partial charge on any atom is 0.133 e. The van der Waals surface area contributed by atoms with E-state index < -0.39 is 0 Å². The minimum atomic E-state index is 0.553. The Balaban J connectivity index is 0.000000255. The van der Waals surface area contributed by atoms with Crippen LogP contribution in [0.4, 0.5) is 11.6 Å². The molecule has 1 fully saturated rings. The van der Waals surface area contributed by atoms with Crippen molar-refractivity contribution in [3.05, 3.63) is 107 Å². The lowest BCUT2D eigenvalue weighted by Crippen LogP contribution is -2.23. The van der Waals surface area contributed by atoms with Crippen LogP contribution in [0.3, 0.4) is 0 Å². The Hall–Kier alpha value is -3.51. The first-order valence-corrected chi connectivity index (χ1v) is 15.7. The molecule has 0 spiro atoms. The molecule has 0 saturated heterocycles. The molecule has 6 heteroatoms. The molecule has 0 bridgehead atoms. The number of nitrogens with zero attached hydrogens (tertiary/aromatic N) is 2. The van der Waals surface area contributed by atoms with E-state index in [1.54, 1.807) is 11.8 Å². The fraction of sp³-hybridized carbons (Fsp3) is 0.353. The molecule has 210 valence electrons. The van der Waals surface area contributed by atoms with Gasteiger partial charge in [-0.2, -0.15) is 5.10 Å². The van der Waals surface area contributed by atoms with Crippen LogP contribution in [0.1, 0.15) is 68.6 Å². The van der Waals surface area contributed by atoms with E-state index >= 15 is 0 Å². The van der Waals surface area contributed by atoms with Crippen LogP contribution in [0, 0.1) is 6.92 Å². The predicted molar refractivity (Wildman–Crippen MR) is 173 cm³/mol. The molecule has 40 heavy (non-hydrogen) atoms. The van der Waals surface area contributed by atoms with Gasteiger partial charge >= 0.3 is 0 Å². The van der Waals surface area contributed by atoms with Crippen molar-refractivity contribution in [2.75, 3.05) is 16.9 Å². The van der Waals surface area contributed by atoms with Crippen molar-refractivity contribution < 1.29 is 0 Å². The van der Waals surface area contributed by atoms with Gasteiger partial charge in [-0.05, 0) is 67.7 Å². The van der Waals surface area contributed by atoms with Crippen LogP contribution in [-0.2, 0) is 6.42 Å². The van der Waals surface area contributed by atoms with Gasteiger partial charge < -0.3 is 10.6 Å². The molecular weight excluding hydrogens is 510 g/mol. The van der Waals surface area contributed by atoms with Gasteiger partial charge in [0.2, 0.25) is 0 Å². The van der Waals surface area contributed by atoms with Crippen molar-refractivity contribution in [2.45, 2.75) is 71.3 Å². The number of aromatic amines is 1. The second kappa shape index (κ2) is 15.9. The van der Waals surface area contributed by atoms with E-state index in [9.17, 15) is 0 Å². The molecule has 0 amide bonds. The van der Waals surface area contributed by atoms with E-state index in [0.29, 0.717) is 6.04 Å². The summed E-state index contributed by atoms with van der Waals surface area (Å²) < 4.78 is 0. The Kier molecular flexibility index (Phi) is 11.7. The number of aryl methyl sites for hydroxylation is 1. The molecule has 0 radical (unpaired) electrons. The number of H-pyrrole nitrogens is 1. The highest BCUT2D eigenvalue weighted by Crippen LogP contribution is 2.25. The number of allylic oxidation sites excluding steroid dienone is 1. The van der Waals surface area contributed by atoms with Crippen molar-refractivity contribution >= 4 is 23.4 Å². The van der Waals surface area contributed by atoms with Gasteiger partial charge in [0.15, 0.2) is 0 Å². The molecule has 1 saturated carbocycles. The molecule has 2 heterocycles. The normalized spacial score (nSPS) is 13.8. The quantitative estimate of drug-likeness (QED) is 0.183. The van der Waals surface area contributed by atoms with E-state index in [2.05, 4.69) is 114 Å². The third-order valence-electron chi connectivity index (χ3n) is 7.07. The molecular formula is C34H43N5S.